The smallest absolute Gasteiger partial charge is 0.199 e. The van der Waals surface area contributed by atoms with E-state index in [0.717, 1.165) is 0 Å². The quantitative estimate of drug-likeness (QED) is 0.674. The monoisotopic (exact) mass is 220 g/mol. The number of hydrogen-bond donors (Lipinski definition) is 0. The standard InChI is InChI=1S/C13H16O3/c1-7-8(2)16-10-6-13(3,4)5-9(14)11(10)12(7)15/h5-6H2,1-4H3. The third-order valence-electron chi connectivity index (χ3n) is 3.21. The molecular formula is C13H16O3. The summed E-state index contributed by atoms with van der Waals surface area (Å²) >= 11 is 0. The molecule has 0 bridgehead atoms. The van der Waals surface area contributed by atoms with Gasteiger partial charge in [-0.2, -0.15) is 0 Å². The lowest BCUT2D eigenvalue weighted by Gasteiger charge is -2.28. The van der Waals surface area contributed by atoms with Gasteiger partial charge < -0.3 is 4.42 Å². The molecule has 0 radical (unpaired) electrons. The molecule has 1 aliphatic rings. The first kappa shape index (κ1) is 11.1. The maximum atomic E-state index is 12.0. The van der Waals surface area contributed by atoms with Gasteiger partial charge in [-0.05, 0) is 19.3 Å². The Hall–Kier alpha value is -1.38. The molecule has 86 valence electrons. The molecule has 0 saturated heterocycles. The van der Waals surface area contributed by atoms with Crippen LogP contribution in [0.3, 0.4) is 0 Å². The van der Waals surface area contributed by atoms with Gasteiger partial charge in [-0.3, -0.25) is 9.59 Å². The minimum absolute atomic E-state index is 0.0805. The first-order valence-corrected chi connectivity index (χ1v) is 5.48. The normalized spacial score (nSPS) is 18.4. The number of fused-ring (bicyclic) bond motifs is 1. The zero-order valence-electron chi connectivity index (χ0n) is 10.1. The fraction of sp³-hybridized carbons (Fsp3) is 0.538. The van der Waals surface area contributed by atoms with E-state index in [1.807, 2.05) is 13.8 Å². The molecular weight excluding hydrogens is 204 g/mol. The highest BCUT2D eigenvalue weighted by molar-refractivity contribution is 5.98. The van der Waals surface area contributed by atoms with Gasteiger partial charge in [0.1, 0.15) is 17.1 Å². The molecule has 1 aromatic heterocycles. The van der Waals surface area contributed by atoms with E-state index in [0.29, 0.717) is 29.9 Å². The Labute approximate surface area is 94.5 Å². The molecule has 1 aliphatic carbocycles. The summed E-state index contributed by atoms with van der Waals surface area (Å²) in [6, 6.07) is 0. The highest BCUT2D eigenvalue weighted by Crippen LogP contribution is 2.33. The Morgan fingerprint density at radius 3 is 2.38 bits per heavy atom. The second-order valence-electron chi connectivity index (χ2n) is 5.35. The van der Waals surface area contributed by atoms with Gasteiger partial charge in [-0.25, -0.2) is 0 Å². The van der Waals surface area contributed by atoms with E-state index in [9.17, 15) is 9.59 Å². The average molecular weight is 220 g/mol. The Balaban J connectivity index is 2.71. The first-order valence-electron chi connectivity index (χ1n) is 5.48. The van der Waals surface area contributed by atoms with E-state index in [4.69, 9.17) is 4.42 Å². The fourth-order valence-corrected chi connectivity index (χ4v) is 2.21. The van der Waals surface area contributed by atoms with Crippen molar-refractivity contribution in [2.45, 2.75) is 40.5 Å². The predicted molar refractivity (Wildman–Crippen MR) is 60.9 cm³/mol. The lowest BCUT2D eigenvalue weighted by Crippen LogP contribution is -2.32. The molecule has 0 aromatic carbocycles. The molecule has 3 heteroatoms. The summed E-state index contributed by atoms with van der Waals surface area (Å²) < 4.78 is 5.60. The number of carbonyl (C=O) groups is 1. The summed E-state index contributed by atoms with van der Waals surface area (Å²) in [5.41, 5.74) is 0.565. The van der Waals surface area contributed by atoms with Crippen molar-refractivity contribution in [1.29, 1.82) is 0 Å². The molecule has 1 heterocycles. The summed E-state index contributed by atoms with van der Waals surface area (Å²) in [7, 11) is 0. The highest BCUT2D eigenvalue weighted by Gasteiger charge is 2.35. The van der Waals surface area contributed by atoms with Crippen LogP contribution in [0.25, 0.3) is 0 Å². The van der Waals surface area contributed by atoms with Gasteiger partial charge in [0.05, 0.1) is 0 Å². The van der Waals surface area contributed by atoms with Crippen LogP contribution in [0.1, 0.15) is 47.7 Å². The number of rotatable bonds is 0. The Morgan fingerprint density at radius 2 is 1.75 bits per heavy atom. The SMILES string of the molecule is Cc1oc2c(c(=O)c1C)C(=O)CC(C)(C)C2. The van der Waals surface area contributed by atoms with Crippen LogP contribution < -0.4 is 5.43 Å². The Bertz CT molecular complexity index is 521. The van der Waals surface area contributed by atoms with E-state index in [2.05, 4.69) is 0 Å². The third kappa shape index (κ3) is 1.60. The molecule has 0 atom stereocenters. The summed E-state index contributed by atoms with van der Waals surface area (Å²) in [6.07, 6.45) is 1.08. The van der Waals surface area contributed by atoms with Crippen LogP contribution in [0.5, 0.6) is 0 Å². The molecule has 0 amide bonds. The van der Waals surface area contributed by atoms with Crippen molar-refractivity contribution in [3.8, 4) is 0 Å². The average Bonchev–Trinajstić information content (AvgIpc) is 2.11. The minimum atomic E-state index is -0.153. The van der Waals surface area contributed by atoms with Gasteiger partial charge in [-0.1, -0.05) is 13.8 Å². The maximum absolute atomic E-state index is 12.0. The summed E-state index contributed by atoms with van der Waals surface area (Å²) in [4.78, 5) is 23.9. The third-order valence-corrected chi connectivity index (χ3v) is 3.21. The van der Waals surface area contributed by atoms with Gasteiger partial charge >= 0.3 is 0 Å². The molecule has 2 rings (SSSR count). The van der Waals surface area contributed by atoms with E-state index < -0.39 is 0 Å². The molecule has 0 spiro atoms. The number of aryl methyl sites for hydroxylation is 1. The van der Waals surface area contributed by atoms with Crippen molar-refractivity contribution in [3.63, 3.8) is 0 Å². The lowest BCUT2D eigenvalue weighted by molar-refractivity contribution is 0.0896. The lowest BCUT2D eigenvalue weighted by atomic mass is 9.76. The maximum Gasteiger partial charge on any atom is 0.199 e. The first-order chi connectivity index (χ1) is 7.32. The largest absolute Gasteiger partial charge is 0.465 e. The Kier molecular flexibility index (Phi) is 2.30. The van der Waals surface area contributed by atoms with Crippen molar-refractivity contribution < 1.29 is 9.21 Å². The van der Waals surface area contributed by atoms with Crippen LogP contribution in [0, 0.1) is 19.3 Å². The molecule has 0 saturated carbocycles. The second kappa shape index (κ2) is 3.30. The van der Waals surface area contributed by atoms with Crippen LogP contribution >= 0.6 is 0 Å². The minimum Gasteiger partial charge on any atom is -0.465 e. The van der Waals surface area contributed by atoms with Crippen molar-refractivity contribution in [2.75, 3.05) is 0 Å². The zero-order chi connectivity index (χ0) is 12.1. The number of carbonyl (C=O) groups excluding carboxylic acids is 1. The fourth-order valence-electron chi connectivity index (χ4n) is 2.21. The molecule has 16 heavy (non-hydrogen) atoms. The van der Waals surface area contributed by atoms with Crippen molar-refractivity contribution in [2.24, 2.45) is 5.41 Å². The van der Waals surface area contributed by atoms with E-state index in [-0.39, 0.29) is 22.2 Å². The van der Waals surface area contributed by atoms with Gasteiger partial charge in [0.2, 0.25) is 0 Å². The van der Waals surface area contributed by atoms with E-state index >= 15 is 0 Å². The molecule has 0 aliphatic heterocycles. The van der Waals surface area contributed by atoms with Crippen LogP contribution in [-0.4, -0.2) is 5.78 Å². The van der Waals surface area contributed by atoms with Gasteiger partial charge in [0, 0.05) is 18.4 Å². The predicted octanol–water partition coefficient (Wildman–Crippen LogP) is 2.41. The molecule has 0 N–H and O–H groups in total. The van der Waals surface area contributed by atoms with Crippen LogP contribution in [0.4, 0.5) is 0 Å². The summed E-state index contributed by atoms with van der Waals surface area (Å²) in [6.45, 7) is 7.50. The molecule has 1 aromatic rings. The summed E-state index contributed by atoms with van der Waals surface area (Å²) in [5.74, 6) is 1.10. The van der Waals surface area contributed by atoms with E-state index in [1.165, 1.54) is 0 Å². The second-order valence-corrected chi connectivity index (χ2v) is 5.35. The topological polar surface area (TPSA) is 47.3 Å². The van der Waals surface area contributed by atoms with Gasteiger partial charge in [0.25, 0.3) is 0 Å². The molecule has 0 unspecified atom stereocenters. The van der Waals surface area contributed by atoms with Crippen LogP contribution in [0.15, 0.2) is 9.21 Å². The van der Waals surface area contributed by atoms with Crippen molar-refractivity contribution >= 4 is 5.78 Å². The van der Waals surface area contributed by atoms with Crippen molar-refractivity contribution in [1.82, 2.24) is 0 Å². The summed E-state index contributed by atoms with van der Waals surface area (Å²) in [5, 5.41) is 0. The number of ketones is 1. The van der Waals surface area contributed by atoms with Crippen LogP contribution in [0.2, 0.25) is 0 Å². The van der Waals surface area contributed by atoms with Gasteiger partial charge in [-0.15, -0.1) is 0 Å². The van der Waals surface area contributed by atoms with Gasteiger partial charge in [0.15, 0.2) is 11.2 Å². The zero-order valence-corrected chi connectivity index (χ0v) is 10.1. The highest BCUT2D eigenvalue weighted by atomic mass is 16.3. The molecule has 0 fully saturated rings. The Morgan fingerprint density at radius 1 is 1.12 bits per heavy atom. The van der Waals surface area contributed by atoms with Crippen molar-refractivity contribution in [3.05, 3.63) is 32.9 Å². The number of Topliss-reactive ketones (excluding diaryl/α,β-unsaturated/α-hetero) is 1. The molecule has 3 nitrogen and oxygen atoms in total. The van der Waals surface area contributed by atoms with E-state index in [1.54, 1.807) is 13.8 Å². The van der Waals surface area contributed by atoms with Crippen LogP contribution in [-0.2, 0) is 6.42 Å². The number of hydrogen-bond acceptors (Lipinski definition) is 3.